The van der Waals surface area contributed by atoms with E-state index in [2.05, 4.69) is 12.3 Å². The van der Waals surface area contributed by atoms with Crippen molar-refractivity contribution in [3.05, 3.63) is 64.1 Å². The Bertz CT molecular complexity index is 925. The van der Waals surface area contributed by atoms with Gasteiger partial charge in [0.05, 0.1) is 16.8 Å². The molecule has 2 heterocycles. The molecule has 0 saturated carbocycles. The summed E-state index contributed by atoms with van der Waals surface area (Å²) < 4.78 is 0. The van der Waals surface area contributed by atoms with E-state index < -0.39 is 0 Å². The second kappa shape index (κ2) is 9.38. The van der Waals surface area contributed by atoms with Gasteiger partial charge in [0.2, 0.25) is 0 Å². The van der Waals surface area contributed by atoms with E-state index >= 15 is 0 Å². The van der Waals surface area contributed by atoms with Crippen molar-refractivity contribution >= 4 is 40.5 Å². The zero-order valence-electron chi connectivity index (χ0n) is 17.0. The first-order chi connectivity index (χ1) is 14.6. The van der Waals surface area contributed by atoms with Crippen LogP contribution in [0.3, 0.4) is 0 Å². The van der Waals surface area contributed by atoms with Crippen LogP contribution in [0.15, 0.2) is 53.6 Å². The van der Waals surface area contributed by atoms with Gasteiger partial charge < -0.3 is 0 Å². The van der Waals surface area contributed by atoms with Gasteiger partial charge in [-0.15, -0.1) is 0 Å². The third-order valence-electron chi connectivity index (χ3n) is 5.81. The summed E-state index contributed by atoms with van der Waals surface area (Å²) in [4.78, 5) is 13.2. The van der Waals surface area contributed by atoms with Crippen LogP contribution >= 0.6 is 23.2 Å². The van der Waals surface area contributed by atoms with Gasteiger partial charge in [0, 0.05) is 24.0 Å². The van der Waals surface area contributed by atoms with Gasteiger partial charge in [0.15, 0.2) is 0 Å². The van der Waals surface area contributed by atoms with Crippen molar-refractivity contribution in [1.82, 2.24) is 10.4 Å². The number of piperidine rings is 1. The molecule has 0 aromatic heterocycles. The van der Waals surface area contributed by atoms with Crippen LogP contribution in [0.1, 0.15) is 44.2 Å². The molecule has 1 N–H and O–H groups in total. The largest absolute Gasteiger partial charge is 0.284 e. The fourth-order valence-electron chi connectivity index (χ4n) is 4.28. The Kier molecular flexibility index (Phi) is 6.61. The number of nitrogens with one attached hydrogen (secondary N) is 1. The van der Waals surface area contributed by atoms with Gasteiger partial charge in [0.1, 0.15) is 5.71 Å². The lowest BCUT2D eigenvalue weighted by Gasteiger charge is -2.29. The lowest BCUT2D eigenvalue weighted by molar-refractivity contribution is -0.120. The van der Waals surface area contributed by atoms with E-state index in [1.165, 1.54) is 6.42 Å². The summed E-state index contributed by atoms with van der Waals surface area (Å²) in [6, 6.07) is 15.2. The predicted molar refractivity (Wildman–Crippen MR) is 123 cm³/mol. The van der Waals surface area contributed by atoms with Crippen LogP contribution in [0.4, 0.5) is 5.69 Å². The molecule has 0 radical (unpaired) electrons. The second-order valence-electron chi connectivity index (χ2n) is 7.78. The van der Waals surface area contributed by atoms with Gasteiger partial charge in [0.25, 0.3) is 5.91 Å². The number of hydrazone groups is 1. The number of rotatable bonds is 5. The molecular formula is C23H26Cl2N4O. The number of hydrogen-bond acceptors (Lipinski definition) is 4. The number of halogens is 2. The molecule has 1 saturated heterocycles. The molecule has 2 aliphatic rings. The summed E-state index contributed by atoms with van der Waals surface area (Å²) >= 11 is 12.6. The summed E-state index contributed by atoms with van der Waals surface area (Å²) in [6.45, 7) is 3.85. The molecule has 0 spiro atoms. The second-order valence-corrected chi connectivity index (χ2v) is 8.62. The Morgan fingerprint density at radius 1 is 1.07 bits per heavy atom. The van der Waals surface area contributed by atoms with Gasteiger partial charge in [-0.1, -0.05) is 60.8 Å². The smallest absolute Gasteiger partial charge is 0.282 e. The number of nitrogens with zero attached hydrogens (tertiary/aromatic N) is 3. The first kappa shape index (κ1) is 21.2. The molecule has 0 aliphatic carbocycles. The fourth-order valence-corrected chi connectivity index (χ4v) is 4.63. The maximum absolute atomic E-state index is 13.2. The van der Waals surface area contributed by atoms with E-state index in [4.69, 9.17) is 28.3 Å². The number of para-hydroxylation sites is 1. The zero-order valence-corrected chi connectivity index (χ0v) is 18.5. The van der Waals surface area contributed by atoms with Gasteiger partial charge in [-0.3, -0.25) is 15.2 Å². The molecule has 0 bridgehead atoms. The van der Waals surface area contributed by atoms with Gasteiger partial charge in [-0.2, -0.15) is 5.10 Å². The van der Waals surface area contributed by atoms with Crippen LogP contribution in [0.25, 0.3) is 0 Å². The third kappa shape index (κ3) is 4.34. The topological polar surface area (TPSA) is 47.9 Å². The number of carbonyl (C=O) groups is 1. The summed E-state index contributed by atoms with van der Waals surface area (Å²) in [5.41, 5.74) is 5.46. The molecule has 2 aliphatic heterocycles. The number of carbonyl (C=O) groups excluding carboxylic acids is 1. The molecule has 4 rings (SSSR count). The van der Waals surface area contributed by atoms with Crippen molar-refractivity contribution in [3.8, 4) is 0 Å². The lowest BCUT2D eigenvalue weighted by Crippen LogP contribution is -2.48. The van der Waals surface area contributed by atoms with Gasteiger partial charge in [-0.25, -0.2) is 5.01 Å². The van der Waals surface area contributed by atoms with Gasteiger partial charge in [-0.05, 0) is 49.1 Å². The van der Waals surface area contributed by atoms with Crippen LogP contribution < -0.4 is 10.4 Å². The highest BCUT2D eigenvalue weighted by Gasteiger charge is 2.42. The van der Waals surface area contributed by atoms with Gasteiger partial charge >= 0.3 is 0 Å². The molecule has 7 heteroatoms. The standard InChI is InChI=1S/C23H26Cl2N4O/c1-2-18-21(23(30)27-28-14-6-3-7-15-28)26-29(20-9-5-4-8-19(20)25)22(18)16-10-12-17(24)13-11-16/h4-5,8-13,18,22H,2-3,6-7,14-15H2,1H3,(H,27,30)/t18-,22+/m1/s1. The monoisotopic (exact) mass is 444 g/mol. The van der Waals surface area contributed by atoms with Crippen molar-refractivity contribution in [2.24, 2.45) is 11.0 Å². The average Bonchev–Trinajstić information content (AvgIpc) is 3.15. The molecule has 2 aromatic rings. The zero-order chi connectivity index (χ0) is 21.1. The summed E-state index contributed by atoms with van der Waals surface area (Å²) in [5.74, 6) is -0.190. The molecule has 2 aromatic carbocycles. The van der Waals surface area contributed by atoms with E-state index in [0.717, 1.165) is 43.6 Å². The highest BCUT2D eigenvalue weighted by molar-refractivity contribution is 6.40. The third-order valence-corrected chi connectivity index (χ3v) is 6.38. The minimum Gasteiger partial charge on any atom is -0.284 e. The molecular weight excluding hydrogens is 419 g/mol. The SMILES string of the molecule is CC[C@@H]1C(C(=O)NN2CCCCC2)=NN(c2ccccc2Cl)[C@H]1c1ccc(Cl)cc1. The number of benzene rings is 2. The number of hydrazine groups is 1. The van der Waals surface area contributed by atoms with Crippen LogP contribution in [0.2, 0.25) is 10.0 Å². The molecule has 1 amide bonds. The van der Waals surface area contributed by atoms with Crippen molar-refractivity contribution in [3.63, 3.8) is 0 Å². The maximum atomic E-state index is 13.2. The van der Waals surface area contributed by atoms with E-state index in [1.807, 2.05) is 58.5 Å². The van der Waals surface area contributed by atoms with Crippen LogP contribution in [-0.4, -0.2) is 29.7 Å². The molecule has 5 nitrogen and oxygen atoms in total. The predicted octanol–water partition coefficient (Wildman–Crippen LogP) is 5.45. The van der Waals surface area contributed by atoms with E-state index in [1.54, 1.807) is 0 Å². The van der Waals surface area contributed by atoms with Crippen molar-refractivity contribution in [2.45, 2.75) is 38.6 Å². The number of amides is 1. The molecule has 1 fully saturated rings. The van der Waals surface area contributed by atoms with Crippen LogP contribution in [-0.2, 0) is 4.79 Å². The normalized spacial score (nSPS) is 22.1. The fraction of sp³-hybridized carbons (Fsp3) is 0.391. The summed E-state index contributed by atoms with van der Waals surface area (Å²) in [7, 11) is 0. The Labute approximate surface area is 187 Å². The first-order valence-electron chi connectivity index (χ1n) is 10.5. The Balaban J connectivity index is 1.70. The lowest BCUT2D eigenvalue weighted by atomic mass is 9.87. The Hall–Kier alpha value is -2.08. The summed E-state index contributed by atoms with van der Waals surface area (Å²) in [6.07, 6.45) is 4.19. The molecule has 2 atom stereocenters. The first-order valence-corrected chi connectivity index (χ1v) is 11.3. The highest BCUT2D eigenvalue weighted by Crippen LogP contribution is 2.43. The number of anilines is 1. The van der Waals surface area contributed by atoms with Crippen molar-refractivity contribution < 1.29 is 4.79 Å². The average molecular weight is 445 g/mol. The number of hydrogen-bond donors (Lipinski definition) is 1. The van der Waals surface area contributed by atoms with E-state index in [0.29, 0.717) is 15.8 Å². The van der Waals surface area contributed by atoms with Crippen LogP contribution in [0, 0.1) is 5.92 Å². The quantitative estimate of drug-likeness (QED) is 0.666. The van der Waals surface area contributed by atoms with E-state index in [-0.39, 0.29) is 17.9 Å². The Morgan fingerprint density at radius 2 is 1.77 bits per heavy atom. The molecule has 0 unspecified atom stereocenters. The molecule has 30 heavy (non-hydrogen) atoms. The van der Waals surface area contributed by atoms with Crippen LogP contribution in [0.5, 0.6) is 0 Å². The van der Waals surface area contributed by atoms with Crippen molar-refractivity contribution in [1.29, 1.82) is 0 Å². The van der Waals surface area contributed by atoms with E-state index in [9.17, 15) is 4.79 Å². The maximum Gasteiger partial charge on any atom is 0.282 e. The summed E-state index contributed by atoms with van der Waals surface area (Å²) in [5, 5.41) is 10.00. The molecule has 158 valence electrons. The van der Waals surface area contributed by atoms with Crippen molar-refractivity contribution in [2.75, 3.05) is 18.1 Å². The minimum absolute atomic E-state index is 0.0627. The Morgan fingerprint density at radius 3 is 2.43 bits per heavy atom. The minimum atomic E-state index is -0.130. The highest BCUT2D eigenvalue weighted by atomic mass is 35.5.